The molecule has 7 heteroatoms. The van der Waals surface area contributed by atoms with Crippen molar-refractivity contribution in [2.45, 2.75) is 13.3 Å². The molecule has 0 aliphatic heterocycles. The lowest BCUT2D eigenvalue weighted by Crippen LogP contribution is -2.31. The molecule has 0 atom stereocenters. The third-order valence-electron chi connectivity index (χ3n) is 1.42. The predicted molar refractivity (Wildman–Crippen MR) is 50.4 cm³/mol. The van der Waals surface area contributed by atoms with Gasteiger partial charge in [-0.05, 0) is 6.92 Å². The van der Waals surface area contributed by atoms with Crippen molar-refractivity contribution in [3.05, 3.63) is 11.3 Å². The molecule has 0 aromatic rings. The number of nitrogens with two attached hydrogens (primary N) is 2. The van der Waals surface area contributed by atoms with Gasteiger partial charge in [0.05, 0.1) is 13.0 Å². The van der Waals surface area contributed by atoms with Crippen LogP contribution in [0.5, 0.6) is 0 Å². The van der Waals surface area contributed by atoms with Crippen molar-refractivity contribution >= 4 is 11.9 Å². The van der Waals surface area contributed by atoms with E-state index in [1.807, 2.05) is 5.43 Å². The summed E-state index contributed by atoms with van der Waals surface area (Å²) in [7, 11) is 0. The minimum absolute atomic E-state index is 0.125. The van der Waals surface area contributed by atoms with Crippen molar-refractivity contribution in [3.8, 4) is 6.07 Å². The van der Waals surface area contributed by atoms with Gasteiger partial charge in [0.25, 0.3) is 0 Å². The van der Waals surface area contributed by atoms with E-state index >= 15 is 0 Å². The Morgan fingerprint density at radius 3 is 2.53 bits per heavy atom. The lowest BCUT2D eigenvalue weighted by molar-refractivity contribution is -0.138. The first kappa shape index (κ1) is 12.9. The summed E-state index contributed by atoms with van der Waals surface area (Å²) >= 11 is 0. The highest BCUT2D eigenvalue weighted by molar-refractivity contribution is 5.94. The lowest BCUT2D eigenvalue weighted by atomic mass is 10.2. The summed E-state index contributed by atoms with van der Waals surface area (Å²) in [6.07, 6.45) is -0.321. The Hall–Kier alpha value is -2.07. The minimum atomic E-state index is -0.845. The first-order valence-electron chi connectivity index (χ1n) is 4.12. The summed E-state index contributed by atoms with van der Waals surface area (Å²) in [4.78, 5) is 22.0. The van der Waals surface area contributed by atoms with E-state index < -0.39 is 11.9 Å². The molecule has 0 aromatic carbocycles. The lowest BCUT2D eigenvalue weighted by Gasteiger charge is -2.04. The maximum Gasteiger partial charge on any atom is 0.350 e. The second-order valence-corrected chi connectivity index (χ2v) is 2.48. The van der Waals surface area contributed by atoms with Crippen LogP contribution in [0.25, 0.3) is 0 Å². The van der Waals surface area contributed by atoms with Crippen molar-refractivity contribution in [2.75, 3.05) is 6.61 Å². The van der Waals surface area contributed by atoms with E-state index in [4.69, 9.17) is 16.8 Å². The molecule has 82 valence electrons. The van der Waals surface area contributed by atoms with E-state index in [2.05, 4.69) is 4.74 Å². The summed E-state index contributed by atoms with van der Waals surface area (Å²) in [5.74, 6) is 3.38. The highest BCUT2D eigenvalue weighted by Gasteiger charge is 2.16. The fourth-order valence-corrected chi connectivity index (χ4v) is 0.764. The maximum absolute atomic E-state index is 11.1. The summed E-state index contributed by atoms with van der Waals surface area (Å²) < 4.78 is 4.57. The van der Waals surface area contributed by atoms with E-state index in [9.17, 15) is 9.59 Å². The minimum Gasteiger partial charge on any atom is -0.462 e. The third kappa shape index (κ3) is 4.10. The Morgan fingerprint density at radius 1 is 1.53 bits per heavy atom. The summed E-state index contributed by atoms with van der Waals surface area (Å²) in [6, 6.07) is 1.58. The van der Waals surface area contributed by atoms with E-state index in [0.29, 0.717) is 0 Å². The first-order chi connectivity index (χ1) is 7.06. The Morgan fingerprint density at radius 2 is 2.13 bits per heavy atom. The summed E-state index contributed by atoms with van der Waals surface area (Å²) in [5, 5.41) is 8.63. The number of carbonyl (C=O) groups excluding carboxylic acids is 2. The van der Waals surface area contributed by atoms with Crippen LogP contribution >= 0.6 is 0 Å². The Balaban J connectivity index is 4.76. The second kappa shape index (κ2) is 6.39. The number of nitriles is 1. The van der Waals surface area contributed by atoms with Crippen molar-refractivity contribution in [2.24, 2.45) is 11.6 Å². The molecule has 1 amide bonds. The Labute approximate surface area is 86.6 Å². The number of nitrogens with zero attached hydrogens (tertiary/aromatic N) is 1. The average Bonchev–Trinajstić information content (AvgIpc) is 2.19. The molecule has 0 saturated heterocycles. The molecule has 15 heavy (non-hydrogen) atoms. The maximum atomic E-state index is 11.1. The molecule has 0 aliphatic carbocycles. The van der Waals surface area contributed by atoms with Crippen LogP contribution in [0, 0.1) is 11.3 Å². The molecule has 7 nitrogen and oxygen atoms in total. The van der Waals surface area contributed by atoms with Gasteiger partial charge in [0.2, 0.25) is 5.91 Å². The molecule has 0 rings (SSSR count). The third-order valence-corrected chi connectivity index (χ3v) is 1.42. The van der Waals surface area contributed by atoms with E-state index in [0.717, 1.165) is 0 Å². The fourth-order valence-electron chi connectivity index (χ4n) is 0.764. The zero-order valence-electron chi connectivity index (χ0n) is 8.24. The van der Waals surface area contributed by atoms with Gasteiger partial charge in [0, 0.05) is 5.70 Å². The predicted octanol–water partition coefficient (Wildman–Crippen LogP) is -1.33. The Bertz CT molecular complexity index is 329. The van der Waals surface area contributed by atoms with Gasteiger partial charge in [0.15, 0.2) is 5.57 Å². The number of amides is 1. The monoisotopic (exact) mass is 212 g/mol. The SMILES string of the molecule is CCOC(=O)/C(C#N)=C(/N)CC(=O)NN. The molecule has 0 bridgehead atoms. The molecule has 0 radical (unpaired) electrons. The zero-order chi connectivity index (χ0) is 11.8. The van der Waals surface area contributed by atoms with Gasteiger partial charge >= 0.3 is 5.97 Å². The standard InChI is InChI=1S/C8H12N4O3/c1-2-15-8(14)5(4-9)6(10)3-7(13)12-11/h2-3,10-11H2,1H3,(H,12,13)/b6-5+. The van der Waals surface area contributed by atoms with E-state index in [-0.39, 0.29) is 24.3 Å². The molecule has 0 aliphatic rings. The molecule has 0 unspecified atom stereocenters. The van der Waals surface area contributed by atoms with Crippen LogP contribution in [0.4, 0.5) is 0 Å². The molecule has 0 heterocycles. The highest BCUT2D eigenvalue weighted by Crippen LogP contribution is 2.04. The Kier molecular flexibility index (Phi) is 5.51. The van der Waals surface area contributed by atoms with Crippen LogP contribution in [-0.2, 0) is 14.3 Å². The van der Waals surface area contributed by atoms with E-state index in [1.165, 1.54) is 0 Å². The van der Waals surface area contributed by atoms with Crippen LogP contribution < -0.4 is 17.0 Å². The van der Waals surface area contributed by atoms with Crippen molar-refractivity contribution in [3.63, 3.8) is 0 Å². The van der Waals surface area contributed by atoms with Gasteiger partial charge in [-0.2, -0.15) is 5.26 Å². The number of hydrogen-bond acceptors (Lipinski definition) is 6. The van der Waals surface area contributed by atoms with Crippen LogP contribution in [0.15, 0.2) is 11.3 Å². The van der Waals surface area contributed by atoms with Crippen molar-refractivity contribution < 1.29 is 14.3 Å². The van der Waals surface area contributed by atoms with Gasteiger partial charge in [-0.25, -0.2) is 10.6 Å². The van der Waals surface area contributed by atoms with Crippen LogP contribution in [0.3, 0.4) is 0 Å². The van der Waals surface area contributed by atoms with Crippen molar-refractivity contribution in [1.29, 1.82) is 5.26 Å². The number of ether oxygens (including phenoxy) is 1. The summed E-state index contributed by atoms with van der Waals surface area (Å²) in [5.41, 5.74) is 6.66. The number of carbonyl (C=O) groups is 2. The number of hydrogen-bond donors (Lipinski definition) is 3. The molecular weight excluding hydrogens is 200 g/mol. The van der Waals surface area contributed by atoms with Crippen LogP contribution in [-0.4, -0.2) is 18.5 Å². The quantitative estimate of drug-likeness (QED) is 0.132. The normalized spacial score (nSPS) is 11.0. The summed E-state index contributed by atoms with van der Waals surface area (Å²) in [6.45, 7) is 1.72. The second-order valence-electron chi connectivity index (χ2n) is 2.48. The van der Waals surface area contributed by atoms with E-state index in [1.54, 1.807) is 13.0 Å². The molecule has 5 N–H and O–H groups in total. The first-order valence-corrected chi connectivity index (χ1v) is 4.12. The van der Waals surface area contributed by atoms with Crippen molar-refractivity contribution in [1.82, 2.24) is 5.43 Å². The molecular formula is C8H12N4O3. The molecule has 0 aromatic heterocycles. The number of hydrazine groups is 1. The largest absolute Gasteiger partial charge is 0.462 e. The molecule has 0 fully saturated rings. The van der Waals surface area contributed by atoms with Gasteiger partial charge in [0.1, 0.15) is 6.07 Å². The number of esters is 1. The highest BCUT2D eigenvalue weighted by atomic mass is 16.5. The van der Waals surface area contributed by atoms with Gasteiger partial charge in [-0.15, -0.1) is 0 Å². The van der Waals surface area contributed by atoms with Gasteiger partial charge in [-0.3, -0.25) is 10.2 Å². The van der Waals surface area contributed by atoms with Gasteiger partial charge < -0.3 is 10.5 Å². The fraction of sp³-hybridized carbons (Fsp3) is 0.375. The smallest absolute Gasteiger partial charge is 0.350 e. The van der Waals surface area contributed by atoms with Gasteiger partial charge in [-0.1, -0.05) is 0 Å². The topological polar surface area (TPSA) is 131 Å². The molecule has 0 saturated carbocycles. The zero-order valence-corrected chi connectivity index (χ0v) is 8.24. The number of nitrogens with one attached hydrogen (secondary N) is 1. The van der Waals surface area contributed by atoms with Crippen LogP contribution in [0.1, 0.15) is 13.3 Å². The average molecular weight is 212 g/mol. The molecule has 0 spiro atoms. The van der Waals surface area contributed by atoms with Crippen LogP contribution in [0.2, 0.25) is 0 Å². The number of rotatable bonds is 4.